The highest BCUT2D eigenvalue weighted by Crippen LogP contribution is 2.19. The van der Waals surface area contributed by atoms with E-state index in [0.717, 1.165) is 49.6 Å². The first-order valence-electron chi connectivity index (χ1n) is 11.8. The molecule has 0 aliphatic carbocycles. The van der Waals surface area contributed by atoms with E-state index in [0.29, 0.717) is 44.1 Å². The first-order valence-corrected chi connectivity index (χ1v) is 11.8. The van der Waals surface area contributed by atoms with Crippen molar-refractivity contribution in [2.24, 2.45) is 0 Å². The molecule has 2 amide bonds. The molecule has 1 aliphatic heterocycles. The average Bonchev–Trinajstić information content (AvgIpc) is 2.86. The molecule has 0 unspecified atom stereocenters. The number of carbonyl (C=O) groups excluding carboxylic acids is 1. The van der Waals surface area contributed by atoms with Gasteiger partial charge >= 0.3 is 6.03 Å². The van der Waals surface area contributed by atoms with E-state index in [1.807, 2.05) is 53.4 Å². The summed E-state index contributed by atoms with van der Waals surface area (Å²) in [6.45, 7) is 11.0. The summed E-state index contributed by atoms with van der Waals surface area (Å²) in [5.41, 5.74) is 8.60. The topological polar surface area (TPSA) is 92.1 Å². The molecule has 8 heteroatoms. The Bertz CT molecular complexity index is 913. The summed E-state index contributed by atoms with van der Waals surface area (Å²) in [5.74, 6) is 1.46. The van der Waals surface area contributed by atoms with Crippen molar-refractivity contribution in [1.29, 1.82) is 0 Å². The van der Waals surface area contributed by atoms with Crippen LogP contribution in [0.1, 0.15) is 12.0 Å². The summed E-state index contributed by atoms with van der Waals surface area (Å²) in [6.07, 6.45) is 0.686. The minimum Gasteiger partial charge on any atom is -0.497 e. The number of nitrogens with one attached hydrogen (secondary N) is 2. The summed E-state index contributed by atoms with van der Waals surface area (Å²) in [6, 6.07) is 15.0. The van der Waals surface area contributed by atoms with Gasteiger partial charge in [0, 0.05) is 52.4 Å². The predicted molar refractivity (Wildman–Crippen MR) is 136 cm³/mol. The fraction of sp³-hybridized carbons (Fsp3) is 0.423. The molecule has 0 aromatic heterocycles. The van der Waals surface area contributed by atoms with E-state index >= 15 is 0 Å². The second-order valence-electron chi connectivity index (χ2n) is 8.44. The number of para-hydroxylation sites is 2. The smallest absolute Gasteiger partial charge is 0.317 e. The third-order valence-electron chi connectivity index (χ3n) is 5.71. The summed E-state index contributed by atoms with van der Waals surface area (Å²) in [5, 5.41) is 6.40. The number of benzene rings is 2. The molecular weight excluding hydrogens is 430 g/mol. The number of nitrogen functional groups attached to an aromatic ring is 1. The largest absolute Gasteiger partial charge is 0.497 e. The van der Waals surface area contributed by atoms with Gasteiger partial charge in [0.2, 0.25) is 0 Å². The minimum atomic E-state index is -0.114. The Morgan fingerprint density at radius 3 is 2.62 bits per heavy atom. The van der Waals surface area contributed by atoms with E-state index in [4.69, 9.17) is 15.2 Å². The van der Waals surface area contributed by atoms with Gasteiger partial charge in [0.05, 0.1) is 19.4 Å². The number of nitrogens with zero attached hydrogens (tertiary/aromatic N) is 2. The van der Waals surface area contributed by atoms with E-state index in [-0.39, 0.29) is 6.03 Å². The summed E-state index contributed by atoms with van der Waals surface area (Å²) in [4.78, 5) is 17.2. The van der Waals surface area contributed by atoms with Crippen LogP contribution in [0.25, 0.3) is 0 Å². The normalized spacial score (nSPS) is 13.8. The van der Waals surface area contributed by atoms with Crippen molar-refractivity contribution in [2.75, 3.05) is 65.3 Å². The van der Waals surface area contributed by atoms with Crippen molar-refractivity contribution in [2.45, 2.75) is 13.0 Å². The van der Waals surface area contributed by atoms with Crippen LogP contribution in [0.3, 0.4) is 0 Å². The van der Waals surface area contributed by atoms with Gasteiger partial charge in [-0.3, -0.25) is 4.90 Å². The van der Waals surface area contributed by atoms with Crippen LogP contribution in [0, 0.1) is 0 Å². The second-order valence-corrected chi connectivity index (χ2v) is 8.44. The zero-order valence-electron chi connectivity index (χ0n) is 20.1. The Labute approximate surface area is 202 Å². The van der Waals surface area contributed by atoms with Gasteiger partial charge in [0.1, 0.15) is 11.5 Å². The van der Waals surface area contributed by atoms with Gasteiger partial charge in [-0.1, -0.05) is 30.8 Å². The van der Waals surface area contributed by atoms with Crippen LogP contribution in [0.5, 0.6) is 11.5 Å². The zero-order chi connectivity index (χ0) is 24.2. The molecule has 2 aromatic carbocycles. The van der Waals surface area contributed by atoms with E-state index in [1.165, 1.54) is 0 Å². The molecular formula is C26H37N5O3. The Kier molecular flexibility index (Phi) is 10.1. The van der Waals surface area contributed by atoms with Crippen LogP contribution in [0.2, 0.25) is 0 Å². The van der Waals surface area contributed by atoms with Crippen molar-refractivity contribution in [3.8, 4) is 11.5 Å². The fourth-order valence-electron chi connectivity index (χ4n) is 3.84. The quantitative estimate of drug-likeness (QED) is 0.253. The molecule has 0 saturated carbocycles. The molecule has 0 spiro atoms. The van der Waals surface area contributed by atoms with Crippen LogP contribution in [0.15, 0.2) is 60.7 Å². The van der Waals surface area contributed by atoms with Crippen LogP contribution in [-0.2, 0) is 6.54 Å². The van der Waals surface area contributed by atoms with Gasteiger partial charge in [-0.05, 0) is 41.8 Å². The molecule has 0 atom stereocenters. The highest BCUT2D eigenvalue weighted by molar-refractivity contribution is 5.74. The molecule has 1 heterocycles. The van der Waals surface area contributed by atoms with Crippen LogP contribution < -0.4 is 25.8 Å². The van der Waals surface area contributed by atoms with Crippen LogP contribution in [-0.4, -0.2) is 75.4 Å². The maximum atomic E-state index is 13.1. The molecule has 1 aliphatic rings. The highest BCUT2D eigenvalue weighted by atomic mass is 16.5. The fourth-order valence-corrected chi connectivity index (χ4v) is 3.84. The lowest BCUT2D eigenvalue weighted by Crippen LogP contribution is -2.46. The number of urea groups is 1. The van der Waals surface area contributed by atoms with Crippen molar-refractivity contribution in [3.05, 3.63) is 66.2 Å². The van der Waals surface area contributed by atoms with E-state index < -0.39 is 0 Å². The van der Waals surface area contributed by atoms with Crippen molar-refractivity contribution in [1.82, 2.24) is 20.4 Å². The van der Waals surface area contributed by atoms with E-state index in [2.05, 4.69) is 22.1 Å². The molecule has 4 N–H and O–H groups in total. The molecule has 3 rings (SSSR count). The Morgan fingerprint density at radius 2 is 1.91 bits per heavy atom. The lowest BCUT2D eigenvalue weighted by Gasteiger charge is -2.30. The van der Waals surface area contributed by atoms with Crippen molar-refractivity contribution in [3.63, 3.8) is 0 Å². The number of anilines is 1. The zero-order valence-corrected chi connectivity index (χ0v) is 20.1. The van der Waals surface area contributed by atoms with E-state index in [1.54, 1.807) is 7.11 Å². The highest BCUT2D eigenvalue weighted by Gasteiger charge is 2.17. The van der Waals surface area contributed by atoms with Gasteiger partial charge in [0.25, 0.3) is 0 Å². The lowest BCUT2D eigenvalue weighted by atomic mass is 10.2. The third kappa shape index (κ3) is 8.28. The molecule has 8 nitrogen and oxygen atoms in total. The van der Waals surface area contributed by atoms with Gasteiger partial charge in [-0.25, -0.2) is 4.79 Å². The molecule has 184 valence electrons. The maximum absolute atomic E-state index is 13.1. The average molecular weight is 468 g/mol. The van der Waals surface area contributed by atoms with Crippen molar-refractivity contribution < 1.29 is 14.3 Å². The number of piperazine rings is 1. The first kappa shape index (κ1) is 25.4. The molecule has 0 bridgehead atoms. The first-order chi connectivity index (χ1) is 16.5. The minimum absolute atomic E-state index is 0.114. The number of ether oxygens (including phenoxy) is 2. The van der Waals surface area contributed by atoms with Gasteiger partial charge in [0.15, 0.2) is 0 Å². The molecule has 34 heavy (non-hydrogen) atoms. The monoisotopic (exact) mass is 467 g/mol. The van der Waals surface area contributed by atoms with Crippen LogP contribution in [0.4, 0.5) is 10.5 Å². The number of rotatable bonds is 12. The third-order valence-corrected chi connectivity index (χ3v) is 5.71. The van der Waals surface area contributed by atoms with Gasteiger partial charge < -0.3 is 30.7 Å². The molecule has 1 fully saturated rings. The summed E-state index contributed by atoms with van der Waals surface area (Å²) in [7, 11) is 1.64. The Morgan fingerprint density at radius 1 is 1.18 bits per heavy atom. The lowest BCUT2D eigenvalue weighted by molar-refractivity contribution is 0.192. The Hall–Kier alpha value is -3.23. The number of nitrogens with two attached hydrogens (primary N) is 1. The van der Waals surface area contributed by atoms with Crippen molar-refractivity contribution >= 4 is 11.7 Å². The van der Waals surface area contributed by atoms with Gasteiger partial charge in [-0.15, -0.1) is 0 Å². The number of hydrogen-bond donors (Lipinski definition) is 3. The second kappa shape index (κ2) is 13.5. The van der Waals surface area contributed by atoms with Gasteiger partial charge in [-0.2, -0.15) is 0 Å². The molecule has 1 saturated heterocycles. The number of carbonyl (C=O) groups is 1. The maximum Gasteiger partial charge on any atom is 0.317 e. The van der Waals surface area contributed by atoms with Crippen LogP contribution >= 0.6 is 0 Å². The van der Waals surface area contributed by atoms with E-state index in [9.17, 15) is 4.79 Å². The number of methoxy groups -OCH3 is 1. The SMILES string of the molecule is C=C(CN1CCNCC1)CN(CCCOc1ccccc1N)C(=O)NCc1ccc(OC)cc1. The number of amides is 2. The summed E-state index contributed by atoms with van der Waals surface area (Å²) >= 11 is 0. The predicted octanol–water partition coefficient (Wildman–Crippen LogP) is 2.72. The molecule has 2 aromatic rings. The standard InChI is InChI=1S/C26H37N5O3/c1-21(19-30-15-12-28-13-16-30)20-31(14-5-17-34-25-7-4-3-6-24(25)27)26(32)29-18-22-8-10-23(33-2)11-9-22/h3-4,6-11,28H,1,5,12-20,27H2,2H3,(H,29,32). The summed E-state index contributed by atoms with van der Waals surface area (Å²) < 4.78 is 11.0. The Balaban J connectivity index is 1.53. The number of hydrogen-bond acceptors (Lipinski definition) is 6. The molecule has 0 radical (unpaired) electrons.